The molecule has 0 heterocycles. The van der Waals surface area contributed by atoms with Crippen LogP contribution >= 0.6 is 11.6 Å². The monoisotopic (exact) mass is 494 g/mol. The average molecular weight is 495 g/mol. The predicted molar refractivity (Wildman–Crippen MR) is 108 cm³/mol. The number of nitrogens with one attached hydrogen (secondary N) is 2. The van der Waals surface area contributed by atoms with Crippen molar-refractivity contribution in [3.05, 3.63) is 64.2 Å². The number of ether oxygens (including phenoxy) is 1. The van der Waals surface area contributed by atoms with Crippen LogP contribution in [-0.4, -0.2) is 36.2 Å². The summed E-state index contributed by atoms with van der Waals surface area (Å²) in [5.74, 6) is -2.90. The van der Waals surface area contributed by atoms with Gasteiger partial charge in [0.2, 0.25) is 5.91 Å². The van der Waals surface area contributed by atoms with Crippen molar-refractivity contribution in [1.82, 2.24) is 10.6 Å². The molecule has 2 rings (SSSR count). The maximum Gasteiger partial charge on any atom is 0.416 e. The lowest BCUT2D eigenvalue weighted by Crippen LogP contribution is -2.33. The molecule has 180 valence electrons. The van der Waals surface area contributed by atoms with Crippen LogP contribution in [0.15, 0.2) is 36.4 Å². The maximum atomic E-state index is 13.4. The van der Waals surface area contributed by atoms with E-state index in [9.17, 15) is 36.6 Å². The quantitative estimate of drug-likeness (QED) is 0.441. The van der Waals surface area contributed by atoms with Gasteiger partial charge in [-0.25, -0.2) is 8.78 Å². The molecule has 1 unspecified atom stereocenters. The third-order valence-corrected chi connectivity index (χ3v) is 4.56. The second-order valence-corrected chi connectivity index (χ2v) is 7.39. The Labute approximate surface area is 190 Å². The number of alkyl halides is 3. The topological polar surface area (TPSA) is 87.7 Å². The van der Waals surface area contributed by atoms with Crippen molar-refractivity contribution in [2.75, 3.05) is 13.2 Å². The molecule has 2 amide bonds. The van der Waals surface area contributed by atoms with Crippen LogP contribution in [0, 0.1) is 11.6 Å². The average Bonchev–Trinajstić information content (AvgIpc) is 2.72. The summed E-state index contributed by atoms with van der Waals surface area (Å²) >= 11 is 5.54. The van der Waals surface area contributed by atoms with E-state index < -0.39 is 47.9 Å². The van der Waals surface area contributed by atoms with Gasteiger partial charge in [-0.15, -0.1) is 0 Å². The minimum Gasteiger partial charge on any atom is -0.484 e. The van der Waals surface area contributed by atoms with Crippen molar-refractivity contribution in [3.8, 4) is 5.75 Å². The Bertz CT molecular complexity index is 988. The van der Waals surface area contributed by atoms with Gasteiger partial charge in [-0.3, -0.25) is 9.59 Å². The largest absolute Gasteiger partial charge is 0.484 e. The van der Waals surface area contributed by atoms with Gasteiger partial charge in [-0.2, -0.15) is 13.2 Å². The molecule has 0 fully saturated rings. The molecular formula is C21H20ClF5N2O4. The summed E-state index contributed by atoms with van der Waals surface area (Å²) in [5, 5.41) is 14.5. The van der Waals surface area contributed by atoms with Crippen LogP contribution in [0.2, 0.25) is 5.02 Å². The highest BCUT2D eigenvalue weighted by molar-refractivity contribution is 6.30. The molecule has 0 aromatic heterocycles. The second kappa shape index (κ2) is 11.8. The van der Waals surface area contributed by atoms with Crippen LogP contribution < -0.4 is 15.4 Å². The number of halogens is 6. The van der Waals surface area contributed by atoms with E-state index in [0.29, 0.717) is 6.07 Å². The normalized spacial score (nSPS) is 12.2. The zero-order chi connectivity index (χ0) is 24.6. The number of aliphatic hydroxyl groups excluding tert-OH is 1. The van der Waals surface area contributed by atoms with E-state index in [1.54, 1.807) is 0 Å². The fourth-order valence-corrected chi connectivity index (χ4v) is 2.77. The van der Waals surface area contributed by atoms with Gasteiger partial charge in [0.05, 0.1) is 23.1 Å². The van der Waals surface area contributed by atoms with Crippen molar-refractivity contribution >= 4 is 23.4 Å². The summed E-state index contributed by atoms with van der Waals surface area (Å²) in [6.07, 6.45) is -6.24. The number of carbonyl (C=O) groups is 2. The van der Waals surface area contributed by atoms with E-state index in [0.717, 1.165) is 18.2 Å². The fraction of sp³-hybridized carbons (Fsp3) is 0.333. The van der Waals surface area contributed by atoms with Gasteiger partial charge in [0.15, 0.2) is 6.61 Å². The maximum absolute atomic E-state index is 13.4. The molecular weight excluding hydrogens is 475 g/mol. The van der Waals surface area contributed by atoms with Gasteiger partial charge in [-0.1, -0.05) is 11.6 Å². The molecule has 33 heavy (non-hydrogen) atoms. The molecule has 1 atom stereocenters. The van der Waals surface area contributed by atoms with Crippen LogP contribution in [0.3, 0.4) is 0 Å². The highest BCUT2D eigenvalue weighted by atomic mass is 35.5. The Kier molecular flexibility index (Phi) is 9.42. The smallest absolute Gasteiger partial charge is 0.416 e. The minimum absolute atomic E-state index is 0.00442. The van der Waals surface area contributed by atoms with Crippen LogP contribution in [0.25, 0.3) is 0 Å². The van der Waals surface area contributed by atoms with E-state index in [1.165, 1.54) is 12.1 Å². The fourth-order valence-electron chi connectivity index (χ4n) is 2.65. The predicted octanol–water partition coefficient (Wildman–Crippen LogP) is 3.59. The number of benzene rings is 2. The number of amides is 2. The zero-order valence-corrected chi connectivity index (χ0v) is 17.8. The summed E-state index contributed by atoms with van der Waals surface area (Å²) in [6, 6.07) is 5.61. The number of carbonyl (C=O) groups excluding carboxylic acids is 2. The van der Waals surface area contributed by atoms with Crippen molar-refractivity contribution in [2.45, 2.75) is 31.7 Å². The molecule has 0 spiro atoms. The first kappa shape index (κ1) is 26.3. The van der Waals surface area contributed by atoms with E-state index in [1.807, 2.05) is 0 Å². The Morgan fingerprint density at radius 1 is 1.06 bits per heavy atom. The summed E-state index contributed by atoms with van der Waals surface area (Å²) in [4.78, 5) is 23.6. The second-order valence-electron chi connectivity index (χ2n) is 6.98. The lowest BCUT2D eigenvalue weighted by atomic mass is 10.1. The van der Waals surface area contributed by atoms with E-state index in [-0.39, 0.29) is 42.3 Å². The van der Waals surface area contributed by atoms with Crippen LogP contribution in [0.5, 0.6) is 5.75 Å². The third kappa shape index (κ3) is 9.22. The molecule has 2 aromatic rings. The Balaban J connectivity index is 1.68. The van der Waals surface area contributed by atoms with Gasteiger partial charge in [0.25, 0.3) is 5.91 Å². The highest BCUT2D eigenvalue weighted by Gasteiger charge is 2.31. The first-order valence-corrected chi connectivity index (χ1v) is 9.98. The van der Waals surface area contributed by atoms with E-state index in [2.05, 4.69) is 10.6 Å². The van der Waals surface area contributed by atoms with Crippen LogP contribution in [-0.2, 0) is 22.3 Å². The Morgan fingerprint density at radius 3 is 2.45 bits per heavy atom. The molecule has 0 aliphatic rings. The zero-order valence-electron chi connectivity index (χ0n) is 17.0. The van der Waals surface area contributed by atoms with Gasteiger partial charge >= 0.3 is 6.18 Å². The highest BCUT2D eigenvalue weighted by Crippen LogP contribution is 2.30. The lowest BCUT2D eigenvalue weighted by molar-refractivity contribution is -0.137. The number of aliphatic hydroxyl groups is 1. The van der Waals surface area contributed by atoms with Crippen molar-refractivity contribution in [3.63, 3.8) is 0 Å². The Hall–Kier alpha value is -2.92. The molecule has 0 saturated heterocycles. The summed E-state index contributed by atoms with van der Waals surface area (Å²) in [7, 11) is 0. The van der Waals surface area contributed by atoms with Crippen LogP contribution in [0.4, 0.5) is 22.0 Å². The van der Waals surface area contributed by atoms with E-state index in [4.69, 9.17) is 16.3 Å². The van der Waals surface area contributed by atoms with Gasteiger partial charge < -0.3 is 20.5 Å². The summed E-state index contributed by atoms with van der Waals surface area (Å²) < 4.78 is 69.9. The number of rotatable bonds is 10. The lowest BCUT2D eigenvalue weighted by Gasteiger charge is -2.13. The van der Waals surface area contributed by atoms with Crippen molar-refractivity contribution < 1.29 is 41.4 Å². The van der Waals surface area contributed by atoms with Crippen molar-refractivity contribution in [1.29, 1.82) is 0 Å². The van der Waals surface area contributed by atoms with Gasteiger partial charge in [0.1, 0.15) is 17.4 Å². The van der Waals surface area contributed by atoms with E-state index >= 15 is 0 Å². The first-order chi connectivity index (χ1) is 15.4. The third-order valence-electron chi connectivity index (χ3n) is 4.26. The summed E-state index contributed by atoms with van der Waals surface area (Å²) in [6.45, 7) is -0.762. The molecule has 0 aliphatic carbocycles. The standard InChI is InChI=1S/C21H20ClF5N2O4/c22-17-2-1-16(9-18(17)24)33-11-20(32)28-4-3-15(30)8-19(31)29-10-12-5-13(21(25,26)27)7-14(23)6-12/h1-2,5-7,9,15,30H,3-4,8,10-11H2,(H,28,32)(H,29,31). The molecule has 0 bridgehead atoms. The number of hydrogen-bond acceptors (Lipinski definition) is 4. The van der Waals surface area contributed by atoms with Crippen LogP contribution in [0.1, 0.15) is 24.0 Å². The molecule has 6 nitrogen and oxygen atoms in total. The molecule has 0 saturated carbocycles. The molecule has 3 N–H and O–H groups in total. The van der Waals surface area contributed by atoms with Crippen molar-refractivity contribution in [2.24, 2.45) is 0 Å². The van der Waals surface area contributed by atoms with Gasteiger partial charge in [-0.05, 0) is 42.3 Å². The molecule has 12 heteroatoms. The summed E-state index contributed by atoms with van der Waals surface area (Å²) in [5.41, 5.74) is -1.26. The SMILES string of the molecule is O=C(COc1ccc(Cl)c(F)c1)NCCC(O)CC(=O)NCc1cc(F)cc(C(F)(F)F)c1. The molecule has 0 aliphatic heterocycles. The Morgan fingerprint density at radius 2 is 1.79 bits per heavy atom. The molecule has 0 radical (unpaired) electrons. The first-order valence-electron chi connectivity index (χ1n) is 9.60. The molecule has 2 aromatic carbocycles. The minimum atomic E-state index is -4.72. The van der Waals surface area contributed by atoms with Gasteiger partial charge in [0, 0.05) is 19.2 Å². The number of hydrogen-bond donors (Lipinski definition) is 3.